The Labute approximate surface area is 160 Å². The molecule has 0 aromatic heterocycles. The van der Waals surface area contributed by atoms with Gasteiger partial charge < -0.3 is 20.3 Å². The van der Waals surface area contributed by atoms with E-state index >= 15 is 0 Å². The van der Waals surface area contributed by atoms with Crippen molar-refractivity contribution in [3.63, 3.8) is 0 Å². The maximum absolute atomic E-state index is 12.9. The van der Waals surface area contributed by atoms with Crippen molar-refractivity contribution >= 4 is 17.7 Å². The number of carbonyl (C=O) groups excluding carboxylic acids is 3. The molecular weight excluding hydrogens is 346 g/mol. The minimum atomic E-state index is -0.759. The van der Waals surface area contributed by atoms with Gasteiger partial charge in [0.1, 0.15) is 24.4 Å². The fourth-order valence-electron chi connectivity index (χ4n) is 2.93. The van der Waals surface area contributed by atoms with Crippen LogP contribution in [0.5, 0.6) is 5.75 Å². The molecule has 1 aromatic rings. The molecule has 148 valence electrons. The van der Waals surface area contributed by atoms with E-state index in [2.05, 4.69) is 10.6 Å². The maximum Gasteiger partial charge on any atom is 0.255 e. The Bertz CT molecular complexity index is 702. The zero-order valence-electron chi connectivity index (χ0n) is 16.6. The first-order valence-electron chi connectivity index (χ1n) is 9.30. The first-order valence-corrected chi connectivity index (χ1v) is 9.30. The van der Waals surface area contributed by atoms with Gasteiger partial charge in [-0.3, -0.25) is 14.4 Å². The average molecular weight is 375 g/mol. The van der Waals surface area contributed by atoms with Crippen molar-refractivity contribution in [1.29, 1.82) is 0 Å². The molecule has 1 aromatic carbocycles. The maximum atomic E-state index is 12.9. The van der Waals surface area contributed by atoms with Crippen molar-refractivity contribution in [2.24, 2.45) is 11.8 Å². The first kappa shape index (κ1) is 20.7. The van der Waals surface area contributed by atoms with Gasteiger partial charge in [0.15, 0.2) is 0 Å². The minimum absolute atomic E-state index is 0.0874. The molecule has 2 N–H and O–H groups in total. The molecule has 0 fully saturated rings. The summed E-state index contributed by atoms with van der Waals surface area (Å²) >= 11 is 0. The Kier molecular flexibility index (Phi) is 6.82. The number of carbonyl (C=O) groups is 3. The lowest BCUT2D eigenvalue weighted by Crippen LogP contribution is -2.57. The molecule has 27 heavy (non-hydrogen) atoms. The zero-order valence-corrected chi connectivity index (χ0v) is 16.6. The van der Waals surface area contributed by atoms with Gasteiger partial charge in [0.2, 0.25) is 11.8 Å². The monoisotopic (exact) mass is 375 g/mol. The van der Waals surface area contributed by atoms with Gasteiger partial charge in [0, 0.05) is 7.05 Å². The lowest BCUT2D eigenvalue weighted by atomic mass is 9.99. The number of likely N-dealkylation sites (N-methyl/N-ethyl adjacent to an activating group) is 1. The third-order valence-corrected chi connectivity index (χ3v) is 4.66. The normalized spacial score (nSPS) is 22.2. The van der Waals surface area contributed by atoms with E-state index in [0.717, 1.165) is 0 Å². The van der Waals surface area contributed by atoms with Crippen LogP contribution in [0.1, 0.15) is 38.1 Å². The SMILES string of the molecule is CC(C)[C@H]1NC(=O)c2ccccc2OCCN(C)C(=O)[C@@H](C(C)C)NC1=O. The van der Waals surface area contributed by atoms with E-state index in [4.69, 9.17) is 4.74 Å². The van der Waals surface area contributed by atoms with Crippen LogP contribution in [0.3, 0.4) is 0 Å². The van der Waals surface area contributed by atoms with Gasteiger partial charge in [0.25, 0.3) is 5.91 Å². The predicted molar refractivity (Wildman–Crippen MR) is 102 cm³/mol. The summed E-state index contributed by atoms with van der Waals surface area (Å²) in [6, 6.07) is 5.47. The Balaban J connectivity index is 2.41. The van der Waals surface area contributed by atoms with Gasteiger partial charge >= 0.3 is 0 Å². The molecule has 7 nitrogen and oxygen atoms in total. The van der Waals surface area contributed by atoms with Gasteiger partial charge in [-0.25, -0.2) is 0 Å². The van der Waals surface area contributed by atoms with Crippen LogP contribution in [-0.2, 0) is 9.59 Å². The highest BCUT2D eigenvalue weighted by Crippen LogP contribution is 2.19. The van der Waals surface area contributed by atoms with Crippen LogP contribution in [0.15, 0.2) is 24.3 Å². The molecule has 2 rings (SSSR count). The summed E-state index contributed by atoms with van der Waals surface area (Å²) in [5.41, 5.74) is 0.365. The fraction of sp³-hybridized carbons (Fsp3) is 0.550. The van der Waals surface area contributed by atoms with E-state index < -0.39 is 12.1 Å². The number of benzene rings is 1. The largest absolute Gasteiger partial charge is 0.491 e. The molecule has 1 aliphatic heterocycles. The van der Waals surface area contributed by atoms with Gasteiger partial charge in [-0.15, -0.1) is 0 Å². The Morgan fingerprint density at radius 2 is 1.63 bits per heavy atom. The Morgan fingerprint density at radius 1 is 1.00 bits per heavy atom. The number of ether oxygens (including phenoxy) is 1. The summed E-state index contributed by atoms with van der Waals surface area (Å²) in [5, 5.41) is 5.62. The average Bonchev–Trinajstić information content (AvgIpc) is 2.62. The molecule has 0 radical (unpaired) electrons. The molecule has 0 bridgehead atoms. The van der Waals surface area contributed by atoms with Crippen LogP contribution in [0.2, 0.25) is 0 Å². The van der Waals surface area contributed by atoms with E-state index in [1.165, 1.54) is 0 Å². The van der Waals surface area contributed by atoms with Crippen molar-refractivity contribution in [1.82, 2.24) is 15.5 Å². The van der Waals surface area contributed by atoms with Gasteiger partial charge in [0.05, 0.1) is 12.1 Å². The second-order valence-electron chi connectivity index (χ2n) is 7.53. The molecular formula is C20H29N3O4. The Morgan fingerprint density at radius 3 is 2.26 bits per heavy atom. The number of amides is 3. The number of para-hydroxylation sites is 1. The summed E-state index contributed by atoms with van der Waals surface area (Å²) in [6.07, 6.45) is 0. The second kappa shape index (κ2) is 8.88. The quantitative estimate of drug-likeness (QED) is 0.819. The molecule has 0 saturated heterocycles. The highest BCUT2D eigenvalue weighted by molar-refractivity contribution is 6.00. The van der Waals surface area contributed by atoms with Crippen LogP contribution < -0.4 is 15.4 Å². The number of nitrogens with one attached hydrogen (secondary N) is 2. The molecule has 0 aliphatic carbocycles. The summed E-state index contributed by atoms with van der Waals surface area (Å²) < 4.78 is 5.75. The van der Waals surface area contributed by atoms with E-state index in [1.807, 2.05) is 27.7 Å². The Hall–Kier alpha value is -2.57. The zero-order chi connectivity index (χ0) is 20.1. The molecule has 2 atom stereocenters. The van der Waals surface area contributed by atoms with Crippen LogP contribution >= 0.6 is 0 Å². The predicted octanol–water partition coefficient (Wildman–Crippen LogP) is 1.43. The van der Waals surface area contributed by atoms with E-state index in [9.17, 15) is 14.4 Å². The number of rotatable bonds is 2. The standard InChI is InChI=1S/C20H29N3O4/c1-12(2)16-19(25)22-17(13(3)4)20(26)23(5)10-11-27-15-9-7-6-8-14(15)18(24)21-16/h6-9,12-13,16-17H,10-11H2,1-5H3,(H,21,24)(H,22,25)/t16-,17-/m1/s1. The van der Waals surface area contributed by atoms with Gasteiger partial charge in [-0.05, 0) is 24.0 Å². The second-order valence-corrected chi connectivity index (χ2v) is 7.53. The summed E-state index contributed by atoms with van der Waals surface area (Å²) in [5.74, 6) is -0.721. The van der Waals surface area contributed by atoms with E-state index in [-0.39, 0.29) is 36.2 Å². The third kappa shape index (κ3) is 4.99. The van der Waals surface area contributed by atoms with Crippen LogP contribution in [0.4, 0.5) is 0 Å². The lowest BCUT2D eigenvalue weighted by Gasteiger charge is -2.29. The highest BCUT2D eigenvalue weighted by Gasteiger charge is 2.32. The van der Waals surface area contributed by atoms with Crippen molar-refractivity contribution < 1.29 is 19.1 Å². The van der Waals surface area contributed by atoms with Crippen LogP contribution in [0.25, 0.3) is 0 Å². The van der Waals surface area contributed by atoms with E-state index in [0.29, 0.717) is 17.9 Å². The van der Waals surface area contributed by atoms with E-state index in [1.54, 1.807) is 36.2 Å². The minimum Gasteiger partial charge on any atom is -0.491 e. The molecule has 1 aliphatic rings. The summed E-state index contributed by atoms with van der Waals surface area (Å²) in [4.78, 5) is 40.0. The first-order chi connectivity index (χ1) is 12.7. The summed E-state index contributed by atoms with van der Waals surface area (Å²) in [7, 11) is 1.68. The number of nitrogens with zero attached hydrogens (tertiary/aromatic N) is 1. The molecule has 1 heterocycles. The molecule has 0 unspecified atom stereocenters. The highest BCUT2D eigenvalue weighted by atomic mass is 16.5. The van der Waals surface area contributed by atoms with Crippen molar-refractivity contribution in [2.75, 3.05) is 20.2 Å². The number of hydrogen-bond donors (Lipinski definition) is 2. The lowest BCUT2D eigenvalue weighted by molar-refractivity contribution is -0.137. The molecule has 7 heteroatoms. The van der Waals surface area contributed by atoms with Crippen molar-refractivity contribution in [3.05, 3.63) is 29.8 Å². The number of hydrogen-bond acceptors (Lipinski definition) is 4. The van der Waals surface area contributed by atoms with Crippen molar-refractivity contribution in [3.8, 4) is 5.75 Å². The molecule has 3 amide bonds. The van der Waals surface area contributed by atoms with Crippen LogP contribution in [-0.4, -0.2) is 54.9 Å². The van der Waals surface area contributed by atoms with Gasteiger partial charge in [-0.1, -0.05) is 39.8 Å². The number of fused-ring (bicyclic) bond motifs is 1. The third-order valence-electron chi connectivity index (χ3n) is 4.66. The smallest absolute Gasteiger partial charge is 0.255 e. The molecule has 0 spiro atoms. The molecule has 0 saturated carbocycles. The fourth-order valence-corrected chi connectivity index (χ4v) is 2.93. The van der Waals surface area contributed by atoms with Gasteiger partial charge in [-0.2, -0.15) is 0 Å². The van der Waals surface area contributed by atoms with Crippen molar-refractivity contribution in [2.45, 2.75) is 39.8 Å². The topological polar surface area (TPSA) is 87.7 Å². The summed E-state index contributed by atoms with van der Waals surface area (Å²) in [6.45, 7) is 8.06. The van der Waals surface area contributed by atoms with Crippen LogP contribution in [0, 0.1) is 11.8 Å².